The van der Waals surface area contributed by atoms with E-state index in [1.807, 2.05) is 0 Å². The second-order valence-electron chi connectivity index (χ2n) is 9.34. The highest BCUT2D eigenvalue weighted by Crippen LogP contribution is 2.42. The molecular weight excluding hydrogens is 548 g/mol. The minimum absolute atomic E-state index is 0.0646. The van der Waals surface area contributed by atoms with Crippen molar-refractivity contribution < 1.29 is 37.9 Å². The lowest BCUT2D eigenvalue weighted by Crippen LogP contribution is -2.39. The van der Waals surface area contributed by atoms with Crippen LogP contribution in [0.4, 0.5) is 16.2 Å². The van der Waals surface area contributed by atoms with Gasteiger partial charge >= 0.3 is 13.5 Å². The molecule has 4 N–H and O–H groups in total. The molecule has 3 aromatic rings. The Kier molecular flexibility index (Phi) is 10.5. The van der Waals surface area contributed by atoms with Crippen molar-refractivity contribution in [3.8, 4) is 0 Å². The Morgan fingerprint density at radius 3 is 2.50 bits per heavy atom. The Labute approximate surface area is 231 Å². The van der Waals surface area contributed by atoms with Crippen LogP contribution in [0.5, 0.6) is 0 Å². The topological polar surface area (TPSA) is 176 Å². The largest absolute Gasteiger partial charge is 0.462 e. The van der Waals surface area contributed by atoms with Gasteiger partial charge in [0.2, 0.25) is 12.2 Å². The lowest BCUT2D eigenvalue weighted by molar-refractivity contribution is -0.238. The molecule has 0 fully saturated rings. The van der Waals surface area contributed by atoms with E-state index in [1.54, 1.807) is 51.0 Å². The number of rotatable bonds is 14. The van der Waals surface area contributed by atoms with Gasteiger partial charge < -0.3 is 25.2 Å². The zero-order chi connectivity index (χ0) is 29.6. The van der Waals surface area contributed by atoms with Crippen LogP contribution in [0.1, 0.15) is 27.1 Å². The number of imidazole rings is 1. The standard InChI is InChI=1S/C24H35FN7O7P/c1-14(2)38-23(34)15(3)30-40(35,16-10-8-7-9-11-16)39-37-12-17(36-6)19(33)20(25)32-13-27-18-21(31(4)5)28-24(26)29-22(18)32/h7-11,13-15,17,19-20,33H,12H2,1-6H3,(H,30,35)(H2,26,28,29)/t15-,17?,19-,20+,40?/m1/s1. The van der Waals surface area contributed by atoms with Crippen LogP contribution in [0.3, 0.4) is 0 Å². The Bertz CT molecular complexity index is 1330. The van der Waals surface area contributed by atoms with E-state index in [-0.39, 0.29) is 28.5 Å². The molecule has 0 bridgehead atoms. The van der Waals surface area contributed by atoms with Crippen molar-refractivity contribution in [1.82, 2.24) is 24.6 Å². The molecule has 220 valence electrons. The normalized spacial score (nSPS) is 16.3. The van der Waals surface area contributed by atoms with Crippen LogP contribution in [0, 0.1) is 0 Å². The molecule has 2 aromatic heterocycles. The number of methoxy groups -OCH3 is 1. The first-order valence-electron chi connectivity index (χ1n) is 12.3. The van der Waals surface area contributed by atoms with Crippen LogP contribution >= 0.6 is 7.52 Å². The van der Waals surface area contributed by atoms with Crippen LogP contribution in [0.2, 0.25) is 0 Å². The highest BCUT2D eigenvalue weighted by atomic mass is 31.2. The Morgan fingerprint density at radius 2 is 1.90 bits per heavy atom. The fourth-order valence-corrected chi connectivity index (χ4v) is 5.30. The zero-order valence-corrected chi connectivity index (χ0v) is 24.0. The molecule has 3 rings (SSSR count). The molecule has 0 aliphatic heterocycles. The summed E-state index contributed by atoms with van der Waals surface area (Å²) in [6.45, 7) is 4.30. The molecule has 0 aliphatic carbocycles. The summed E-state index contributed by atoms with van der Waals surface area (Å²) in [7, 11) is 0.673. The molecule has 2 heterocycles. The second kappa shape index (κ2) is 13.4. The van der Waals surface area contributed by atoms with Crippen molar-refractivity contribution in [3.05, 3.63) is 36.7 Å². The number of carbonyl (C=O) groups is 1. The molecule has 1 aromatic carbocycles. The molecule has 16 heteroatoms. The number of halogens is 1. The highest BCUT2D eigenvalue weighted by Gasteiger charge is 2.35. The van der Waals surface area contributed by atoms with Crippen LogP contribution < -0.4 is 21.0 Å². The number of benzene rings is 1. The number of nitrogens with one attached hydrogen (secondary N) is 1. The number of anilines is 2. The summed E-state index contributed by atoms with van der Waals surface area (Å²) in [5.74, 6) is -0.372. The van der Waals surface area contributed by atoms with E-state index in [2.05, 4.69) is 20.0 Å². The summed E-state index contributed by atoms with van der Waals surface area (Å²) in [4.78, 5) is 31.5. The third kappa shape index (κ3) is 7.30. The molecule has 0 spiro atoms. The molecule has 0 saturated heterocycles. The molecule has 0 radical (unpaired) electrons. The molecule has 0 amide bonds. The van der Waals surface area contributed by atoms with Crippen LogP contribution in [-0.2, 0) is 28.4 Å². The molecule has 14 nitrogen and oxygen atoms in total. The summed E-state index contributed by atoms with van der Waals surface area (Å²) < 4.78 is 46.0. The minimum Gasteiger partial charge on any atom is -0.462 e. The number of nitrogens with two attached hydrogens (primary N) is 1. The van der Waals surface area contributed by atoms with Crippen molar-refractivity contribution >= 4 is 41.7 Å². The quantitative estimate of drug-likeness (QED) is 0.108. The van der Waals surface area contributed by atoms with E-state index in [4.69, 9.17) is 24.8 Å². The van der Waals surface area contributed by atoms with Gasteiger partial charge in [0.15, 0.2) is 17.0 Å². The number of nitrogens with zero attached hydrogens (tertiary/aromatic N) is 5. The number of nitrogen functional groups attached to an aromatic ring is 1. The number of alkyl halides is 1. The average molecular weight is 584 g/mol. The fourth-order valence-electron chi connectivity index (χ4n) is 3.64. The maximum Gasteiger partial charge on any atom is 0.328 e. The monoisotopic (exact) mass is 583 g/mol. The summed E-state index contributed by atoms with van der Waals surface area (Å²) in [5, 5.41) is 13.6. The molecular formula is C24H35FN7O7P. The van der Waals surface area contributed by atoms with Gasteiger partial charge in [0, 0.05) is 21.2 Å². The van der Waals surface area contributed by atoms with E-state index in [0.717, 1.165) is 10.9 Å². The SMILES string of the molecule is COC(COOP(=O)(N[C@H](C)C(=O)OC(C)C)c1ccccc1)[C@@H](O)[C@@H](F)n1cnc2c(N(C)C)nc(N)nc21. The van der Waals surface area contributed by atoms with Gasteiger partial charge in [0.05, 0.1) is 17.7 Å². The van der Waals surface area contributed by atoms with Crippen LogP contribution in [-0.4, -0.2) is 82.8 Å². The number of aliphatic hydroxyl groups is 1. The van der Waals surface area contributed by atoms with Gasteiger partial charge in [-0.15, -0.1) is 0 Å². The number of aliphatic hydroxyl groups excluding tert-OH is 1. The van der Waals surface area contributed by atoms with Crippen LogP contribution in [0.25, 0.3) is 11.2 Å². The summed E-state index contributed by atoms with van der Waals surface area (Å²) in [6, 6.07) is 7.01. The van der Waals surface area contributed by atoms with Gasteiger partial charge in [0.1, 0.15) is 24.9 Å². The Hall–Kier alpha value is -3.20. The molecule has 0 saturated carbocycles. The summed E-state index contributed by atoms with van der Waals surface area (Å²) in [6.07, 6.45) is -4.39. The number of aromatic nitrogens is 4. The van der Waals surface area contributed by atoms with E-state index in [0.29, 0.717) is 5.82 Å². The van der Waals surface area contributed by atoms with Crippen molar-refractivity contribution in [2.75, 3.05) is 38.4 Å². The van der Waals surface area contributed by atoms with Gasteiger partial charge in [-0.05, 0) is 32.9 Å². The number of carbonyl (C=O) groups excluding carboxylic acids is 1. The zero-order valence-electron chi connectivity index (χ0n) is 23.1. The number of hydrogen-bond acceptors (Lipinski definition) is 12. The Morgan fingerprint density at radius 1 is 1.23 bits per heavy atom. The first-order chi connectivity index (χ1) is 18.9. The number of esters is 1. The molecule has 0 aliphatic rings. The fraction of sp³-hybridized carbons (Fsp3) is 0.500. The second-order valence-corrected chi connectivity index (χ2v) is 11.4. The third-order valence-electron chi connectivity index (χ3n) is 5.63. The molecule has 2 unspecified atom stereocenters. The predicted octanol–water partition coefficient (Wildman–Crippen LogP) is 1.71. The van der Waals surface area contributed by atoms with Crippen molar-refractivity contribution in [2.45, 2.75) is 51.4 Å². The highest BCUT2D eigenvalue weighted by molar-refractivity contribution is 7.64. The first-order valence-corrected chi connectivity index (χ1v) is 14.0. The van der Waals surface area contributed by atoms with E-state index < -0.39 is 44.6 Å². The van der Waals surface area contributed by atoms with Gasteiger partial charge in [0.25, 0.3) is 0 Å². The first kappa shape index (κ1) is 31.3. The number of ether oxygens (including phenoxy) is 2. The van der Waals surface area contributed by atoms with E-state index in [1.165, 1.54) is 26.2 Å². The number of fused-ring (bicyclic) bond motifs is 1. The summed E-state index contributed by atoms with van der Waals surface area (Å²) in [5.41, 5.74) is 6.13. The van der Waals surface area contributed by atoms with Crippen molar-refractivity contribution in [2.24, 2.45) is 0 Å². The summed E-state index contributed by atoms with van der Waals surface area (Å²) >= 11 is 0. The van der Waals surface area contributed by atoms with Crippen molar-refractivity contribution in [3.63, 3.8) is 0 Å². The smallest absolute Gasteiger partial charge is 0.328 e. The maximum absolute atomic E-state index is 15.5. The average Bonchev–Trinajstić information content (AvgIpc) is 3.33. The van der Waals surface area contributed by atoms with Gasteiger partial charge in [-0.1, -0.05) is 18.2 Å². The van der Waals surface area contributed by atoms with Gasteiger partial charge in [-0.25, -0.2) is 19.3 Å². The molecule has 40 heavy (non-hydrogen) atoms. The Balaban J connectivity index is 1.75. The molecule has 5 atom stereocenters. The third-order valence-corrected chi connectivity index (χ3v) is 7.65. The van der Waals surface area contributed by atoms with Gasteiger partial charge in [-0.3, -0.25) is 13.9 Å². The van der Waals surface area contributed by atoms with Gasteiger partial charge in [-0.2, -0.15) is 14.6 Å². The lowest BCUT2D eigenvalue weighted by Gasteiger charge is -2.26. The minimum atomic E-state index is -4.00. The predicted molar refractivity (Wildman–Crippen MR) is 146 cm³/mol. The van der Waals surface area contributed by atoms with E-state index in [9.17, 15) is 14.5 Å². The van der Waals surface area contributed by atoms with Crippen LogP contribution in [0.15, 0.2) is 36.7 Å². The number of hydrogen-bond donors (Lipinski definition) is 3. The van der Waals surface area contributed by atoms with Crippen molar-refractivity contribution in [1.29, 1.82) is 0 Å². The maximum atomic E-state index is 15.5. The van der Waals surface area contributed by atoms with E-state index >= 15 is 4.39 Å². The lowest BCUT2D eigenvalue weighted by atomic mass is 10.2.